The van der Waals surface area contributed by atoms with Crippen molar-refractivity contribution in [3.63, 3.8) is 0 Å². The van der Waals surface area contributed by atoms with E-state index >= 15 is 0 Å². The summed E-state index contributed by atoms with van der Waals surface area (Å²) in [5.74, 6) is -0.207. The summed E-state index contributed by atoms with van der Waals surface area (Å²) in [5.41, 5.74) is 0.616. The van der Waals surface area contributed by atoms with Crippen LogP contribution in [0.1, 0.15) is 4.88 Å². The van der Waals surface area contributed by atoms with Gasteiger partial charge < -0.3 is 5.32 Å². The van der Waals surface area contributed by atoms with Crippen LogP contribution in [0.2, 0.25) is 10.0 Å². The van der Waals surface area contributed by atoms with Gasteiger partial charge in [0.15, 0.2) is 0 Å². The Morgan fingerprint density at radius 3 is 2.72 bits per heavy atom. The molecule has 0 aliphatic carbocycles. The van der Waals surface area contributed by atoms with Gasteiger partial charge in [0.25, 0.3) is 0 Å². The van der Waals surface area contributed by atoms with Crippen molar-refractivity contribution >= 4 is 52.2 Å². The highest BCUT2D eigenvalue weighted by Gasteiger charge is 2.01. The van der Waals surface area contributed by atoms with Gasteiger partial charge in [-0.25, -0.2) is 0 Å². The van der Waals surface area contributed by atoms with Crippen molar-refractivity contribution < 1.29 is 4.79 Å². The molecule has 1 amide bonds. The number of carbonyl (C=O) groups is 1. The third kappa shape index (κ3) is 3.60. The normalized spacial score (nSPS) is 10.8. The maximum Gasteiger partial charge on any atom is 0.248 e. The Hall–Kier alpha value is -1.29. The Bertz CT molecular complexity index is 579. The average Bonchev–Trinajstić information content (AvgIpc) is 2.84. The highest BCUT2D eigenvalue weighted by Crippen LogP contribution is 2.25. The highest BCUT2D eigenvalue weighted by molar-refractivity contribution is 7.10. The lowest BCUT2D eigenvalue weighted by Crippen LogP contribution is -2.07. The lowest BCUT2D eigenvalue weighted by Gasteiger charge is -2.03. The van der Waals surface area contributed by atoms with Crippen molar-refractivity contribution in [3.8, 4) is 0 Å². The Balaban J connectivity index is 2.01. The molecule has 0 saturated heterocycles. The van der Waals surface area contributed by atoms with E-state index in [0.29, 0.717) is 15.7 Å². The van der Waals surface area contributed by atoms with Gasteiger partial charge >= 0.3 is 0 Å². The van der Waals surface area contributed by atoms with Crippen molar-refractivity contribution in [2.24, 2.45) is 0 Å². The third-order valence-electron chi connectivity index (χ3n) is 2.13. The molecule has 0 aliphatic heterocycles. The maximum atomic E-state index is 11.6. The molecule has 0 unspecified atom stereocenters. The minimum absolute atomic E-state index is 0.207. The zero-order valence-corrected chi connectivity index (χ0v) is 11.5. The average molecular weight is 298 g/mol. The zero-order valence-electron chi connectivity index (χ0n) is 9.19. The molecule has 1 aromatic heterocycles. The summed E-state index contributed by atoms with van der Waals surface area (Å²) in [6.45, 7) is 0. The fourth-order valence-electron chi connectivity index (χ4n) is 1.30. The van der Waals surface area contributed by atoms with E-state index in [-0.39, 0.29) is 5.91 Å². The quantitative estimate of drug-likeness (QED) is 0.817. The third-order valence-corrected chi connectivity index (χ3v) is 3.71. The van der Waals surface area contributed by atoms with Crippen LogP contribution >= 0.6 is 34.5 Å². The molecular formula is C13H9Cl2NOS. The Labute approximate surface area is 119 Å². The molecular weight excluding hydrogens is 289 g/mol. The largest absolute Gasteiger partial charge is 0.322 e. The van der Waals surface area contributed by atoms with Crippen LogP contribution in [0.5, 0.6) is 0 Å². The van der Waals surface area contributed by atoms with Gasteiger partial charge in [-0.05, 0) is 35.7 Å². The number of benzene rings is 1. The van der Waals surface area contributed by atoms with Crippen molar-refractivity contribution in [1.82, 2.24) is 0 Å². The van der Waals surface area contributed by atoms with Gasteiger partial charge in [-0.1, -0.05) is 29.3 Å². The Morgan fingerprint density at radius 1 is 1.22 bits per heavy atom. The summed E-state index contributed by atoms with van der Waals surface area (Å²) in [4.78, 5) is 12.7. The molecule has 92 valence electrons. The molecule has 0 radical (unpaired) electrons. The minimum Gasteiger partial charge on any atom is -0.322 e. The number of carbonyl (C=O) groups excluding carboxylic acids is 1. The van der Waals surface area contributed by atoms with E-state index in [1.54, 1.807) is 35.6 Å². The number of halogens is 2. The highest BCUT2D eigenvalue weighted by atomic mass is 35.5. The van der Waals surface area contributed by atoms with Gasteiger partial charge in [0.05, 0.1) is 10.0 Å². The molecule has 0 atom stereocenters. The van der Waals surface area contributed by atoms with Crippen LogP contribution in [0.4, 0.5) is 5.69 Å². The zero-order chi connectivity index (χ0) is 13.0. The number of thiophene rings is 1. The molecule has 18 heavy (non-hydrogen) atoms. The molecule has 0 fully saturated rings. The van der Waals surface area contributed by atoms with Crippen LogP contribution < -0.4 is 5.32 Å². The minimum atomic E-state index is -0.207. The predicted molar refractivity (Wildman–Crippen MR) is 78.4 cm³/mol. The van der Waals surface area contributed by atoms with Crippen LogP contribution in [0, 0.1) is 0 Å². The molecule has 2 nitrogen and oxygen atoms in total. The first-order chi connectivity index (χ1) is 8.65. The Kier molecular flexibility index (Phi) is 4.42. The molecule has 1 aromatic carbocycles. The molecule has 0 saturated carbocycles. The summed E-state index contributed by atoms with van der Waals surface area (Å²) in [5, 5.41) is 5.54. The molecule has 5 heteroatoms. The van der Waals surface area contributed by atoms with Crippen LogP contribution in [0.15, 0.2) is 41.8 Å². The molecule has 1 heterocycles. The monoisotopic (exact) mass is 297 g/mol. The second kappa shape index (κ2) is 6.05. The van der Waals surface area contributed by atoms with Gasteiger partial charge in [-0.3, -0.25) is 4.79 Å². The molecule has 2 rings (SSSR count). The number of nitrogens with one attached hydrogen (secondary N) is 1. The second-order valence-corrected chi connectivity index (χ2v) is 5.26. The predicted octanol–water partition coefficient (Wildman–Crippen LogP) is 4.71. The summed E-state index contributed by atoms with van der Waals surface area (Å²) < 4.78 is 0. The fraction of sp³-hybridized carbons (Fsp3) is 0. The number of hydrogen-bond donors (Lipinski definition) is 1. The molecule has 0 bridgehead atoms. The standard InChI is InChI=1S/C13H9Cl2NOS/c14-11-5-3-9(8-12(11)15)16-13(17)6-4-10-2-1-7-18-10/h1-8H,(H,16,17)/b6-4+. The number of amides is 1. The van der Waals surface area contributed by atoms with Crippen LogP contribution in [0.3, 0.4) is 0 Å². The van der Waals surface area contributed by atoms with Gasteiger partial charge in [-0.15, -0.1) is 11.3 Å². The summed E-state index contributed by atoms with van der Waals surface area (Å²) in [6.07, 6.45) is 3.24. The summed E-state index contributed by atoms with van der Waals surface area (Å²) >= 11 is 13.2. The first-order valence-electron chi connectivity index (χ1n) is 5.13. The molecule has 1 N–H and O–H groups in total. The van der Waals surface area contributed by atoms with Crippen molar-refractivity contribution in [1.29, 1.82) is 0 Å². The number of anilines is 1. The fourth-order valence-corrected chi connectivity index (χ4v) is 2.22. The van der Waals surface area contributed by atoms with Gasteiger partial charge in [0.1, 0.15) is 0 Å². The van der Waals surface area contributed by atoms with E-state index < -0.39 is 0 Å². The number of hydrogen-bond acceptors (Lipinski definition) is 2. The van der Waals surface area contributed by atoms with Gasteiger partial charge in [-0.2, -0.15) is 0 Å². The lowest BCUT2D eigenvalue weighted by molar-refractivity contribution is -0.111. The Morgan fingerprint density at radius 2 is 2.06 bits per heavy atom. The lowest BCUT2D eigenvalue weighted by atomic mass is 10.3. The molecule has 2 aromatic rings. The van der Waals surface area contributed by atoms with Gasteiger partial charge in [0, 0.05) is 16.6 Å². The van der Waals surface area contributed by atoms with Crippen molar-refractivity contribution in [2.75, 3.05) is 5.32 Å². The van der Waals surface area contributed by atoms with Crippen LogP contribution in [-0.2, 0) is 4.79 Å². The maximum absolute atomic E-state index is 11.6. The SMILES string of the molecule is O=C(/C=C/c1cccs1)Nc1ccc(Cl)c(Cl)c1. The van der Waals surface area contributed by atoms with E-state index in [4.69, 9.17) is 23.2 Å². The van der Waals surface area contributed by atoms with Gasteiger partial charge in [0.2, 0.25) is 5.91 Å². The van der Waals surface area contributed by atoms with E-state index in [2.05, 4.69) is 5.32 Å². The smallest absolute Gasteiger partial charge is 0.248 e. The molecule has 0 spiro atoms. The van der Waals surface area contributed by atoms with E-state index in [1.165, 1.54) is 6.08 Å². The first kappa shape index (κ1) is 13.1. The number of rotatable bonds is 3. The van der Waals surface area contributed by atoms with Crippen LogP contribution in [0.25, 0.3) is 6.08 Å². The van der Waals surface area contributed by atoms with E-state index in [1.807, 2.05) is 17.5 Å². The topological polar surface area (TPSA) is 29.1 Å². The van der Waals surface area contributed by atoms with Crippen molar-refractivity contribution in [3.05, 3.63) is 56.7 Å². The molecule has 0 aliphatic rings. The summed E-state index contributed by atoms with van der Waals surface area (Å²) in [7, 11) is 0. The van der Waals surface area contributed by atoms with E-state index in [0.717, 1.165) is 4.88 Å². The van der Waals surface area contributed by atoms with E-state index in [9.17, 15) is 4.79 Å². The first-order valence-corrected chi connectivity index (χ1v) is 6.76. The van der Waals surface area contributed by atoms with Crippen LogP contribution in [-0.4, -0.2) is 5.91 Å². The summed E-state index contributed by atoms with van der Waals surface area (Å²) in [6, 6.07) is 8.82. The second-order valence-electron chi connectivity index (χ2n) is 3.47. The van der Waals surface area contributed by atoms with Crippen molar-refractivity contribution in [2.45, 2.75) is 0 Å².